The molecule has 1 aromatic rings. The first-order chi connectivity index (χ1) is 9.19. The number of hydrogen-bond acceptors (Lipinski definition) is 5. The Morgan fingerprint density at radius 1 is 1.47 bits per heavy atom. The normalized spacial score (nSPS) is 19.2. The van der Waals surface area contributed by atoms with E-state index in [-0.39, 0.29) is 12.4 Å². The smallest absolute Gasteiger partial charge is 0.138 e. The van der Waals surface area contributed by atoms with Gasteiger partial charge in [0.15, 0.2) is 0 Å². The average molecular weight is 265 g/mol. The van der Waals surface area contributed by atoms with Gasteiger partial charge in [0.1, 0.15) is 5.75 Å². The van der Waals surface area contributed by atoms with E-state index in [1.807, 2.05) is 6.92 Å². The lowest BCUT2D eigenvalue weighted by atomic mass is 10.2. The molecule has 5 heteroatoms. The van der Waals surface area contributed by atoms with Gasteiger partial charge in [0.25, 0.3) is 0 Å². The third-order valence-corrected chi connectivity index (χ3v) is 3.52. The van der Waals surface area contributed by atoms with Crippen LogP contribution in [0.25, 0.3) is 0 Å². The van der Waals surface area contributed by atoms with E-state index < -0.39 is 0 Å². The predicted molar refractivity (Wildman–Crippen MR) is 74.0 cm³/mol. The quantitative estimate of drug-likeness (QED) is 0.704. The third-order valence-electron chi connectivity index (χ3n) is 3.52. The molecule has 2 rings (SSSR count). The van der Waals surface area contributed by atoms with E-state index in [0.29, 0.717) is 24.8 Å². The van der Waals surface area contributed by atoms with Gasteiger partial charge in [0.2, 0.25) is 0 Å². The van der Waals surface area contributed by atoms with Crippen molar-refractivity contribution in [1.82, 2.24) is 15.2 Å². The van der Waals surface area contributed by atoms with Gasteiger partial charge in [-0.05, 0) is 38.4 Å². The van der Waals surface area contributed by atoms with E-state index in [1.165, 1.54) is 12.8 Å². The van der Waals surface area contributed by atoms with Crippen LogP contribution in [-0.4, -0.2) is 52.4 Å². The lowest BCUT2D eigenvalue weighted by Crippen LogP contribution is -2.38. The highest BCUT2D eigenvalue weighted by atomic mass is 16.3. The third kappa shape index (κ3) is 4.16. The topological polar surface area (TPSA) is 68.6 Å². The molecule has 0 aliphatic carbocycles. The first-order valence-electron chi connectivity index (χ1n) is 6.91. The van der Waals surface area contributed by atoms with Crippen molar-refractivity contribution in [3.05, 3.63) is 23.5 Å². The molecule has 1 unspecified atom stereocenters. The van der Waals surface area contributed by atoms with Crippen LogP contribution in [0.1, 0.15) is 24.2 Å². The summed E-state index contributed by atoms with van der Waals surface area (Å²) in [5, 5.41) is 22.5. The van der Waals surface area contributed by atoms with E-state index in [2.05, 4.69) is 15.2 Å². The van der Waals surface area contributed by atoms with Crippen molar-refractivity contribution in [2.45, 2.75) is 32.4 Å². The fourth-order valence-electron chi connectivity index (χ4n) is 2.53. The molecular weight excluding hydrogens is 242 g/mol. The highest BCUT2D eigenvalue weighted by Crippen LogP contribution is 2.17. The highest BCUT2D eigenvalue weighted by molar-refractivity contribution is 5.27. The molecule has 1 aliphatic heterocycles. The van der Waals surface area contributed by atoms with Gasteiger partial charge in [0.05, 0.1) is 12.3 Å². The Balaban J connectivity index is 2.00. The summed E-state index contributed by atoms with van der Waals surface area (Å²) in [6.07, 6.45) is 2.39. The zero-order chi connectivity index (χ0) is 13.7. The summed E-state index contributed by atoms with van der Waals surface area (Å²) >= 11 is 0. The van der Waals surface area contributed by atoms with Crippen molar-refractivity contribution in [1.29, 1.82) is 0 Å². The van der Waals surface area contributed by atoms with Crippen LogP contribution in [0.4, 0.5) is 0 Å². The van der Waals surface area contributed by atoms with Crippen molar-refractivity contribution in [3.63, 3.8) is 0 Å². The highest BCUT2D eigenvalue weighted by Gasteiger charge is 2.19. The van der Waals surface area contributed by atoms with Crippen LogP contribution in [0.15, 0.2) is 12.1 Å². The summed E-state index contributed by atoms with van der Waals surface area (Å²) < 4.78 is 0. The Kier molecular flexibility index (Phi) is 5.13. The second-order valence-corrected chi connectivity index (χ2v) is 5.17. The molecule has 3 N–H and O–H groups in total. The summed E-state index contributed by atoms with van der Waals surface area (Å²) in [7, 11) is 0. The minimum absolute atomic E-state index is 0.124. The van der Waals surface area contributed by atoms with Crippen LogP contribution in [0.5, 0.6) is 5.75 Å². The molecule has 0 saturated carbocycles. The zero-order valence-electron chi connectivity index (χ0n) is 11.5. The van der Waals surface area contributed by atoms with Gasteiger partial charge in [-0.3, -0.25) is 9.88 Å². The number of aromatic hydroxyl groups is 1. The first kappa shape index (κ1) is 14.2. The van der Waals surface area contributed by atoms with Gasteiger partial charge in [0, 0.05) is 31.4 Å². The monoisotopic (exact) mass is 265 g/mol. The van der Waals surface area contributed by atoms with Crippen molar-refractivity contribution in [2.24, 2.45) is 0 Å². The second-order valence-electron chi connectivity index (χ2n) is 5.17. The zero-order valence-corrected chi connectivity index (χ0v) is 11.5. The predicted octanol–water partition coefficient (Wildman–Crippen LogP) is 0.642. The van der Waals surface area contributed by atoms with Crippen LogP contribution < -0.4 is 5.32 Å². The van der Waals surface area contributed by atoms with Crippen LogP contribution in [-0.2, 0) is 6.54 Å². The summed E-state index contributed by atoms with van der Waals surface area (Å²) in [6, 6.07) is 3.97. The van der Waals surface area contributed by atoms with Gasteiger partial charge in [-0.25, -0.2) is 0 Å². The molecule has 5 nitrogen and oxygen atoms in total. The molecular formula is C14H23N3O2. The molecule has 1 fully saturated rings. The van der Waals surface area contributed by atoms with Gasteiger partial charge < -0.3 is 15.5 Å². The minimum Gasteiger partial charge on any atom is -0.506 e. The van der Waals surface area contributed by atoms with E-state index in [0.717, 1.165) is 18.8 Å². The van der Waals surface area contributed by atoms with E-state index >= 15 is 0 Å². The number of nitrogens with one attached hydrogen (secondary N) is 1. The van der Waals surface area contributed by atoms with Crippen molar-refractivity contribution < 1.29 is 10.2 Å². The summed E-state index contributed by atoms with van der Waals surface area (Å²) in [4.78, 5) is 6.52. The molecule has 19 heavy (non-hydrogen) atoms. The Hall–Kier alpha value is -1.17. The maximum Gasteiger partial charge on any atom is 0.138 e. The van der Waals surface area contributed by atoms with Gasteiger partial charge in [-0.15, -0.1) is 0 Å². The fourth-order valence-corrected chi connectivity index (χ4v) is 2.53. The molecule has 2 heterocycles. The Bertz CT molecular complexity index is 406. The molecule has 1 saturated heterocycles. The second kappa shape index (κ2) is 6.84. The van der Waals surface area contributed by atoms with Crippen molar-refractivity contribution in [3.8, 4) is 5.75 Å². The van der Waals surface area contributed by atoms with Gasteiger partial charge >= 0.3 is 0 Å². The van der Waals surface area contributed by atoms with E-state index in [4.69, 9.17) is 5.11 Å². The number of aliphatic hydroxyl groups is 1. The number of aliphatic hydroxyl groups excluding tert-OH is 1. The van der Waals surface area contributed by atoms with Crippen LogP contribution in [0.2, 0.25) is 0 Å². The van der Waals surface area contributed by atoms with Crippen LogP contribution in [0.3, 0.4) is 0 Å². The summed E-state index contributed by atoms with van der Waals surface area (Å²) in [6.45, 7) is 5.18. The molecule has 1 atom stereocenters. The van der Waals surface area contributed by atoms with Gasteiger partial charge in [-0.2, -0.15) is 0 Å². The number of aromatic nitrogens is 1. The lowest BCUT2D eigenvalue weighted by molar-refractivity contribution is 0.176. The van der Waals surface area contributed by atoms with Crippen LogP contribution >= 0.6 is 0 Å². The molecule has 0 amide bonds. The fraction of sp³-hybridized carbons (Fsp3) is 0.643. The molecule has 0 aromatic carbocycles. The Morgan fingerprint density at radius 2 is 2.32 bits per heavy atom. The summed E-state index contributed by atoms with van der Waals surface area (Å²) in [5.74, 6) is 0.230. The van der Waals surface area contributed by atoms with E-state index in [9.17, 15) is 5.11 Å². The van der Waals surface area contributed by atoms with Gasteiger partial charge in [-0.1, -0.05) is 0 Å². The number of nitrogens with zero attached hydrogens (tertiary/aromatic N) is 2. The number of aryl methyl sites for hydroxylation is 1. The standard InChI is InChI=1S/C14H23N3O2/c1-11-4-5-14(19)13(16-11)10-17(7-8-18)9-12-3-2-6-15-12/h4-5,12,15,18-19H,2-3,6-10H2,1H3. The van der Waals surface area contributed by atoms with Crippen LogP contribution in [0, 0.1) is 6.92 Å². The largest absolute Gasteiger partial charge is 0.506 e. The Labute approximate surface area is 114 Å². The molecule has 0 bridgehead atoms. The van der Waals surface area contributed by atoms with E-state index in [1.54, 1.807) is 12.1 Å². The average Bonchev–Trinajstić information content (AvgIpc) is 2.87. The number of pyridine rings is 1. The first-order valence-corrected chi connectivity index (χ1v) is 6.91. The minimum atomic E-state index is 0.124. The maximum absolute atomic E-state index is 9.85. The molecule has 1 aliphatic rings. The lowest BCUT2D eigenvalue weighted by Gasteiger charge is -2.24. The SMILES string of the molecule is Cc1ccc(O)c(CN(CCO)CC2CCCN2)n1. The maximum atomic E-state index is 9.85. The number of rotatable bonds is 6. The molecule has 0 spiro atoms. The molecule has 1 aromatic heterocycles. The molecule has 106 valence electrons. The van der Waals surface area contributed by atoms with Crippen molar-refractivity contribution in [2.75, 3.05) is 26.2 Å². The number of hydrogen-bond donors (Lipinski definition) is 3. The Morgan fingerprint density at radius 3 is 3.00 bits per heavy atom. The molecule has 0 radical (unpaired) electrons. The van der Waals surface area contributed by atoms with Crippen molar-refractivity contribution >= 4 is 0 Å². The summed E-state index contributed by atoms with van der Waals surface area (Å²) in [5.41, 5.74) is 1.59.